The number of halogens is 3. The summed E-state index contributed by atoms with van der Waals surface area (Å²) in [7, 11) is 0. The Kier molecular flexibility index (Phi) is 4.56. The zero-order valence-corrected chi connectivity index (χ0v) is 15.2. The molecule has 0 saturated heterocycles. The number of carbonyl (C=O) groups is 1. The highest BCUT2D eigenvalue weighted by molar-refractivity contribution is 6.01. The van der Waals surface area contributed by atoms with Gasteiger partial charge in [0.1, 0.15) is 17.8 Å². The van der Waals surface area contributed by atoms with Crippen LogP contribution in [-0.4, -0.2) is 25.7 Å². The SMILES string of the molecule is Nc1ncnc2c1c(-c1ccc(NC(=O)O)c(C(F)(F)F)c1)cn2C1CCCC1. The second kappa shape index (κ2) is 6.94. The molecule has 0 unspecified atom stereocenters. The lowest BCUT2D eigenvalue weighted by Crippen LogP contribution is -2.14. The third kappa shape index (κ3) is 3.45. The van der Waals surface area contributed by atoms with E-state index in [9.17, 15) is 18.0 Å². The number of nitrogens with two attached hydrogens (primary N) is 1. The van der Waals surface area contributed by atoms with Crippen molar-refractivity contribution in [2.24, 2.45) is 0 Å². The van der Waals surface area contributed by atoms with Crippen LogP contribution in [0.3, 0.4) is 0 Å². The van der Waals surface area contributed by atoms with Crippen LogP contribution in [0.2, 0.25) is 0 Å². The Morgan fingerprint density at radius 1 is 1.24 bits per heavy atom. The predicted molar refractivity (Wildman–Crippen MR) is 102 cm³/mol. The molecule has 0 bridgehead atoms. The molecule has 4 rings (SSSR count). The molecular formula is C19H18F3N5O2. The molecule has 1 fully saturated rings. The smallest absolute Gasteiger partial charge is 0.418 e. The van der Waals surface area contributed by atoms with Gasteiger partial charge in [-0.15, -0.1) is 0 Å². The van der Waals surface area contributed by atoms with Crippen molar-refractivity contribution in [3.63, 3.8) is 0 Å². The quantitative estimate of drug-likeness (QED) is 0.574. The number of nitrogens with one attached hydrogen (secondary N) is 1. The van der Waals surface area contributed by atoms with Gasteiger partial charge in [-0.25, -0.2) is 14.8 Å². The van der Waals surface area contributed by atoms with Crippen molar-refractivity contribution >= 4 is 28.6 Å². The van der Waals surface area contributed by atoms with E-state index < -0.39 is 23.5 Å². The summed E-state index contributed by atoms with van der Waals surface area (Å²) in [5.41, 5.74) is 5.77. The lowest BCUT2D eigenvalue weighted by atomic mass is 10.0. The van der Waals surface area contributed by atoms with Crippen LogP contribution in [0.1, 0.15) is 37.3 Å². The Balaban J connectivity index is 1.92. The van der Waals surface area contributed by atoms with Gasteiger partial charge in [0, 0.05) is 17.8 Å². The molecule has 1 aliphatic rings. The van der Waals surface area contributed by atoms with Gasteiger partial charge < -0.3 is 15.4 Å². The van der Waals surface area contributed by atoms with E-state index in [-0.39, 0.29) is 17.4 Å². The number of fused-ring (bicyclic) bond motifs is 1. The van der Waals surface area contributed by atoms with E-state index in [1.165, 1.54) is 12.4 Å². The molecule has 0 atom stereocenters. The molecule has 3 aromatic rings. The molecule has 4 N–H and O–H groups in total. The molecule has 0 aliphatic heterocycles. The number of amides is 1. The van der Waals surface area contributed by atoms with E-state index in [4.69, 9.17) is 10.8 Å². The fourth-order valence-electron chi connectivity index (χ4n) is 3.96. The van der Waals surface area contributed by atoms with E-state index in [1.54, 1.807) is 11.5 Å². The summed E-state index contributed by atoms with van der Waals surface area (Å²) in [5.74, 6) is 0.183. The maximum Gasteiger partial charge on any atom is 0.418 e. The number of hydrogen-bond donors (Lipinski definition) is 3. The van der Waals surface area contributed by atoms with Gasteiger partial charge in [-0.2, -0.15) is 13.2 Å². The van der Waals surface area contributed by atoms with Crippen molar-refractivity contribution in [3.8, 4) is 11.1 Å². The second-order valence-electron chi connectivity index (χ2n) is 7.03. The molecule has 2 aromatic heterocycles. The van der Waals surface area contributed by atoms with Crippen LogP contribution in [-0.2, 0) is 6.18 Å². The van der Waals surface area contributed by atoms with E-state index in [0.717, 1.165) is 37.8 Å². The number of alkyl halides is 3. The molecule has 29 heavy (non-hydrogen) atoms. The summed E-state index contributed by atoms with van der Waals surface area (Å²) in [4.78, 5) is 19.2. The Hall–Kier alpha value is -3.30. The minimum absolute atomic E-state index is 0.183. The highest BCUT2D eigenvalue weighted by atomic mass is 19.4. The number of carboxylic acid groups (broad SMARTS) is 1. The lowest BCUT2D eigenvalue weighted by Gasteiger charge is -2.14. The highest BCUT2D eigenvalue weighted by Gasteiger charge is 2.35. The summed E-state index contributed by atoms with van der Waals surface area (Å²) in [6, 6.07) is 3.66. The zero-order valence-electron chi connectivity index (χ0n) is 15.2. The number of rotatable bonds is 3. The van der Waals surface area contributed by atoms with Gasteiger partial charge in [-0.05, 0) is 30.5 Å². The Morgan fingerprint density at radius 2 is 1.97 bits per heavy atom. The van der Waals surface area contributed by atoms with Gasteiger partial charge in [-0.1, -0.05) is 18.9 Å². The topological polar surface area (TPSA) is 106 Å². The molecule has 10 heteroatoms. The summed E-state index contributed by atoms with van der Waals surface area (Å²) < 4.78 is 42.6. The van der Waals surface area contributed by atoms with Crippen LogP contribution in [0.25, 0.3) is 22.2 Å². The summed E-state index contributed by atoms with van der Waals surface area (Å²) >= 11 is 0. The van der Waals surface area contributed by atoms with Crippen LogP contribution >= 0.6 is 0 Å². The standard InChI is InChI=1S/C19H18F3N5O2/c20-19(21,22)13-7-10(5-6-14(13)26-18(28)29)12-8-27(11-3-1-2-4-11)17-15(12)16(23)24-9-25-17/h5-9,11,26H,1-4H2,(H,28,29)(H2,23,24,25). The molecule has 0 spiro atoms. The minimum Gasteiger partial charge on any atom is -0.465 e. The average molecular weight is 405 g/mol. The number of anilines is 2. The molecule has 1 aliphatic carbocycles. The van der Waals surface area contributed by atoms with Gasteiger partial charge in [0.2, 0.25) is 0 Å². The minimum atomic E-state index is -4.74. The largest absolute Gasteiger partial charge is 0.465 e. The Morgan fingerprint density at radius 3 is 2.62 bits per heavy atom. The summed E-state index contributed by atoms with van der Waals surface area (Å²) in [6.45, 7) is 0. The lowest BCUT2D eigenvalue weighted by molar-refractivity contribution is -0.136. The van der Waals surface area contributed by atoms with Crippen molar-refractivity contribution in [1.82, 2.24) is 14.5 Å². The van der Waals surface area contributed by atoms with Crippen LogP contribution in [0.15, 0.2) is 30.7 Å². The van der Waals surface area contributed by atoms with Crippen LogP contribution in [0.4, 0.5) is 29.5 Å². The normalized spacial score (nSPS) is 15.1. The maximum atomic E-state index is 13.6. The molecular weight excluding hydrogens is 387 g/mol. The van der Waals surface area contributed by atoms with Crippen molar-refractivity contribution < 1.29 is 23.1 Å². The summed E-state index contributed by atoms with van der Waals surface area (Å²) in [6.07, 6.45) is 0.880. The van der Waals surface area contributed by atoms with Gasteiger partial charge >= 0.3 is 12.3 Å². The van der Waals surface area contributed by atoms with Crippen LogP contribution in [0, 0.1) is 0 Å². The summed E-state index contributed by atoms with van der Waals surface area (Å²) in [5, 5.41) is 11.1. The van der Waals surface area contributed by atoms with E-state index in [1.807, 2.05) is 4.57 Å². The molecule has 1 saturated carbocycles. The van der Waals surface area contributed by atoms with Crippen molar-refractivity contribution in [3.05, 3.63) is 36.3 Å². The highest BCUT2D eigenvalue weighted by Crippen LogP contribution is 2.42. The van der Waals surface area contributed by atoms with Crippen LogP contribution < -0.4 is 11.1 Å². The molecule has 1 amide bonds. The third-order valence-electron chi connectivity index (χ3n) is 5.23. The van der Waals surface area contributed by atoms with Crippen molar-refractivity contribution in [2.75, 3.05) is 11.1 Å². The van der Waals surface area contributed by atoms with E-state index in [2.05, 4.69) is 9.97 Å². The molecule has 1 aromatic carbocycles. The molecule has 152 valence electrons. The van der Waals surface area contributed by atoms with Gasteiger partial charge in [0.15, 0.2) is 0 Å². The monoisotopic (exact) mass is 405 g/mol. The van der Waals surface area contributed by atoms with E-state index >= 15 is 0 Å². The number of hydrogen-bond acceptors (Lipinski definition) is 4. The molecule has 2 heterocycles. The fourth-order valence-corrected chi connectivity index (χ4v) is 3.96. The van der Waals surface area contributed by atoms with Crippen molar-refractivity contribution in [1.29, 1.82) is 0 Å². The molecule has 7 nitrogen and oxygen atoms in total. The Bertz CT molecular complexity index is 1090. The predicted octanol–water partition coefficient (Wildman–Crippen LogP) is 4.90. The number of aromatic nitrogens is 3. The van der Waals surface area contributed by atoms with Gasteiger partial charge in [-0.3, -0.25) is 5.32 Å². The van der Waals surface area contributed by atoms with Crippen LogP contribution in [0.5, 0.6) is 0 Å². The zero-order chi connectivity index (χ0) is 20.8. The number of nitrogen functional groups attached to an aromatic ring is 1. The first-order valence-corrected chi connectivity index (χ1v) is 9.08. The number of benzene rings is 1. The first-order valence-electron chi connectivity index (χ1n) is 9.08. The average Bonchev–Trinajstić information content (AvgIpc) is 3.28. The third-order valence-corrected chi connectivity index (χ3v) is 5.23. The molecule has 0 radical (unpaired) electrons. The first-order chi connectivity index (χ1) is 13.8. The van der Waals surface area contributed by atoms with Gasteiger partial charge in [0.25, 0.3) is 0 Å². The first kappa shape index (κ1) is 19.0. The fraction of sp³-hybridized carbons (Fsp3) is 0.316. The van der Waals surface area contributed by atoms with Crippen molar-refractivity contribution in [2.45, 2.75) is 37.9 Å². The maximum absolute atomic E-state index is 13.6. The number of nitrogens with zero attached hydrogens (tertiary/aromatic N) is 3. The Labute approximate surface area is 163 Å². The van der Waals surface area contributed by atoms with Gasteiger partial charge in [0.05, 0.1) is 16.6 Å². The van der Waals surface area contributed by atoms with E-state index in [0.29, 0.717) is 16.6 Å². The second-order valence-corrected chi connectivity index (χ2v) is 7.03.